The van der Waals surface area contributed by atoms with Crippen molar-refractivity contribution < 1.29 is 9.53 Å². The highest BCUT2D eigenvalue weighted by atomic mass is 32.1. The van der Waals surface area contributed by atoms with Gasteiger partial charge in [0, 0.05) is 0 Å². The third kappa shape index (κ3) is 9.40. The molecule has 0 bridgehead atoms. The Balaban J connectivity index is 3.27. The van der Waals surface area contributed by atoms with Gasteiger partial charge in [0.05, 0.1) is 6.61 Å². The molecule has 0 heterocycles. The Morgan fingerprint density at radius 3 is 2.44 bits per heavy atom. The maximum absolute atomic E-state index is 11.3. The first-order valence-electron chi connectivity index (χ1n) is 6.18. The summed E-state index contributed by atoms with van der Waals surface area (Å²) in [5.41, 5.74) is 0. The Morgan fingerprint density at radius 2 is 1.81 bits per heavy atom. The van der Waals surface area contributed by atoms with E-state index >= 15 is 0 Å². The first kappa shape index (κ1) is 16.2. The summed E-state index contributed by atoms with van der Waals surface area (Å²) in [7, 11) is 0. The minimum Gasteiger partial charge on any atom is -0.465 e. The fourth-order valence-electron chi connectivity index (χ4n) is 1.39. The first-order valence-corrected chi connectivity index (χ1v) is 7.32. The molecule has 0 radical (unpaired) electrons. The summed E-state index contributed by atoms with van der Waals surface area (Å²) in [6, 6.07) is 0. The fraction of sp³-hybridized carbons (Fsp3) is 0.917. The molecular formula is C12H24O2S2. The molecule has 0 aliphatic heterocycles. The van der Waals surface area contributed by atoms with Gasteiger partial charge in [-0.2, -0.15) is 25.3 Å². The van der Waals surface area contributed by atoms with Crippen LogP contribution in [0.15, 0.2) is 0 Å². The number of esters is 1. The van der Waals surface area contributed by atoms with Gasteiger partial charge in [0.25, 0.3) is 0 Å². The highest BCUT2D eigenvalue weighted by molar-refractivity contribution is 7.82. The number of hydrogen-bond donors (Lipinski definition) is 2. The molecule has 0 aliphatic carbocycles. The van der Waals surface area contributed by atoms with Gasteiger partial charge in [-0.1, -0.05) is 39.0 Å². The molecule has 0 aromatic heterocycles. The summed E-state index contributed by atoms with van der Waals surface area (Å²) in [6.45, 7) is 2.74. The van der Waals surface area contributed by atoms with Crippen LogP contribution in [-0.4, -0.2) is 23.6 Å². The van der Waals surface area contributed by atoms with Gasteiger partial charge in [-0.15, -0.1) is 0 Å². The molecule has 0 spiro atoms. The van der Waals surface area contributed by atoms with E-state index < -0.39 is 0 Å². The molecule has 0 fully saturated rings. The lowest BCUT2D eigenvalue weighted by molar-refractivity contribution is -0.143. The van der Waals surface area contributed by atoms with Crippen molar-refractivity contribution in [3.63, 3.8) is 0 Å². The Kier molecular flexibility index (Phi) is 11.8. The molecule has 1 unspecified atom stereocenters. The van der Waals surface area contributed by atoms with Gasteiger partial charge in [0.1, 0.15) is 5.25 Å². The van der Waals surface area contributed by atoms with Crippen molar-refractivity contribution in [1.82, 2.24) is 0 Å². The van der Waals surface area contributed by atoms with E-state index in [2.05, 4.69) is 32.2 Å². The van der Waals surface area contributed by atoms with Crippen LogP contribution in [0.25, 0.3) is 0 Å². The van der Waals surface area contributed by atoms with Gasteiger partial charge in [-0.05, 0) is 18.6 Å². The Hall–Kier alpha value is 0.170. The summed E-state index contributed by atoms with van der Waals surface area (Å²) in [4.78, 5) is 11.3. The van der Waals surface area contributed by atoms with Gasteiger partial charge in [-0.25, -0.2) is 0 Å². The van der Waals surface area contributed by atoms with E-state index in [1.54, 1.807) is 0 Å². The summed E-state index contributed by atoms with van der Waals surface area (Å²) >= 11 is 8.21. The molecule has 0 aromatic rings. The van der Waals surface area contributed by atoms with Crippen molar-refractivity contribution in [1.29, 1.82) is 0 Å². The van der Waals surface area contributed by atoms with E-state index in [1.165, 1.54) is 25.7 Å². The molecule has 96 valence electrons. The van der Waals surface area contributed by atoms with Crippen LogP contribution in [0.4, 0.5) is 0 Å². The van der Waals surface area contributed by atoms with Crippen LogP contribution in [-0.2, 0) is 9.53 Å². The number of hydrogen-bond acceptors (Lipinski definition) is 4. The SMILES string of the molecule is CCCCCCCCOC(=O)C(S)CCS. The van der Waals surface area contributed by atoms with Crippen LogP contribution in [0.3, 0.4) is 0 Å². The van der Waals surface area contributed by atoms with E-state index in [-0.39, 0.29) is 11.2 Å². The Morgan fingerprint density at radius 1 is 1.19 bits per heavy atom. The highest BCUT2D eigenvalue weighted by Crippen LogP contribution is 2.08. The van der Waals surface area contributed by atoms with Crippen molar-refractivity contribution in [3.8, 4) is 0 Å². The summed E-state index contributed by atoms with van der Waals surface area (Å²) in [5, 5.41) is -0.308. The summed E-state index contributed by atoms with van der Waals surface area (Å²) in [6.07, 6.45) is 7.89. The number of carbonyl (C=O) groups is 1. The topological polar surface area (TPSA) is 26.3 Å². The molecule has 1 atom stereocenters. The third-order valence-electron chi connectivity index (χ3n) is 2.42. The Bertz CT molecular complexity index is 174. The molecule has 2 nitrogen and oxygen atoms in total. The summed E-state index contributed by atoms with van der Waals surface area (Å²) in [5.74, 6) is 0.464. The molecule has 0 aromatic carbocycles. The minimum absolute atomic E-state index is 0.203. The molecule has 0 amide bonds. The van der Waals surface area contributed by atoms with Gasteiger partial charge >= 0.3 is 5.97 Å². The van der Waals surface area contributed by atoms with Gasteiger partial charge < -0.3 is 4.74 Å². The maximum Gasteiger partial charge on any atom is 0.318 e. The lowest BCUT2D eigenvalue weighted by atomic mass is 10.1. The molecule has 0 rings (SSSR count). The van der Waals surface area contributed by atoms with E-state index in [1.807, 2.05) is 0 Å². The second-order valence-corrected chi connectivity index (χ2v) is 5.03. The molecule has 0 saturated carbocycles. The molecule has 0 N–H and O–H groups in total. The van der Waals surface area contributed by atoms with E-state index in [0.29, 0.717) is 18.8 Å². The monoisotopic (exact) mass is 264 g/mol. The van der Waals surface area contributed by atoms with Crippen LogP contribution < -0.4 is 0 Å². The molecule has 0 aliphatic rings. The predicted octanol–water partition coefficient (Wildman–Crippen LogP) is 3.51. The molecule has 0 saturated heterocycles. The largest absolute Gasteiger partial charge is 0.465 e. The van der Waals surface area contributed by atoms with Gasteiger partial charge in [-0.3, -0.25) is 4.79 Å². The second kappa shape index (κ2) is 11.6. The van der Waals surface area contributed by atoms with Crippen molar-refractivity contribution >= 4 is 31.2 Å². The van der Waals surface area contributed by atoms with Gasteiger partial charge in [0.15, 0.2) is 0 Å². The van der Waals surface area contributed by atoms with Crippen molar-refractivity contribution in [2.45, 2.75) is 57.1 Å². The maximum atomic E-state index is 11.3. The van der Waals surface area contributed by atoms with Crippen LogP contribution in [0.5, 0.6) is 0 Å². The van der Waals surface area contributed by atoms with E-state index in [4.69, 9.17) is 4.74 Å². The van der Waals surface area contributed by atoms with Crippen molar-refractivity contribution in [2.24, 2.45) is 0 Å². The first-order chi connectivity index (χ1) is 7.72. The van der Waals surface area contributed by atoms with Crippen LogP contribution in [0.1, 0.15) is 51.9 Å². The average Bonchev–Trinajstić information content (AvgIpc) is 2.28. The van der Waals surface area contributed by atoms with Crippen LogP contribution in [0.2, 0.25) is 0 Å². The zero-order valence-electron chi connectivity index (χ0n) is 10.2. The standard InChI is InChI=1S/C12H24O2S2/c1-2-3-4-5-6-7-9-14-12(13)11(16)8-10-15/h11,15-16H,2-10H2,1H3. The highest BCUT2D eigenvalue weighted by Gasteiger charge is 2.13. The number of ether oxygens (including phenoxy) is 1. The third-order valence-corrected chi connectivity index (χ3v) is 3.14. The second-order valence-electron chi connectivity index (χ2n) is 3.96. The number of unbranched alkanes of at least 4 members (excludes halogenated alkanes) is 5. The lowest BCUT2D eigenvalue weighted by Gasteiger charge is -2.09. The average molecular weight is 264 g/mol. The fourth-order valence-corrected chi connectivity index (χ4v) is 2.06. The molecule has 16 heavy (non-hydrogen) atoms. The lowest BCUT2D eigenvalue weighted by Crippen LogP contribution is -2.19. The zero-order valence-corrected chi connectivity index (χ0v) is 11.9. The van der Waals surface area contributed by atoms with Crippen LogP contribution >= 0.6 is 25.3 Å². The smallest absolute Gasteiger partial charge is 0.318 e. The quantitative estimate of drug-likeness (QED) is 0.359. The number of carbonyl (C=O) groups excluding carboxylic acids is 1. The summed E-state index contributed by atoms with van der Waals surface area (Å²) < 4.78 is 5.11. The van der Waals surface area contributed by atoms with Crippen LogP contribution in [0, 0.1) is 0 Å². The molecule has 4 heteroatoms. The number of thiol groups is 2. The minimum atomic E-state index is -0.308. The predicted molar refractivity (Wildman–Crippen MR) is 75.6 cm³/mol. The normalized spacial score (nSPS) is 12.4. The van der Waals surface area contributed by atoms with E-state index in [9.17, 15) is 4.79 Å². The van der Waals surface area contributed by atoms with E-state index in [0.717, 1.165) is 12.8 Å². The van der Waals surface area contributed by atoms with Crippen molar-refractivity contribution in [2.75, 3.05) is 12.4 Å². The number of rotatable bonds is 10. The van der Waals surface area contributed by atoms with Crippen molar-refractivity contribution in [3.05, 3.63) is 0 Å². The van der Waals surface area contributed by atoms with Gasteiger partial charge in [0.2, 0.25) is 0 Å². The Labute approximate surface area is 110 Å². The molecular weight excluding hydrogens is 240 g/mol. The zero-order chi connectivity index (χ0) is 12.2.